The number of benzene rings is 1. The molecular formula is C22H26FN5O5. The van der Waals surface area contributed by atoms with Crippen molar-refractivity contribution in [3.63, 3.8) is 0 Å². The van der Waals surface area contributed by atoms with E-state index in [0.29, 0.717) is 49.9 Å². The minimum Gasteiger partial charge on any atom is -0.455 e. The quantitative estimate of drug-likeness (QED) is 0.640. The number of halogens is 1. The van der Waals surface area contributed by atoms with Crippen molar-refractivity contribution < 1.29 is 27.9 Å². The lowest BCUT2D eigenvalue weighted by Crippen LogP contribution is -2.46. The Bertz CT molecular complexity index is 1050. The number of cyclic esters (lactones) is 1. The molecule has 0 saturated carbocycles. The third-order valence-electron chi connectivity index (χ3n) is 5.69. The van der Waals surface area contributed by atoms with Crippen molar-refractivity contribution in [3.8, 4) is 0 Å². The summed E-state index contributed by atoms with van der Waals surface area (Å²) < 4.78 is 25.6. The zero-order valence-electron chi connectivity index (χ0n) is 18.3. The van der Waals surface area contributed by atoms with Gasteiger partial charge >= 0.3 is 6.09 Å². The van der Waals surface area contributed by atoms with Crippen molar-refractivity contribution in [2.24, 2.45) is 5.73 Å². The molecule has 33 heavy (non-hydrogen) atoms. The van der Waals surface area contributed by atoms with Crippen LogP contribution in [0.1, 0.15) is 23.2 Å². The average molecular weight is 459 g/mol. The van der Waals surface area contributed by atoms with Crippen LogP contribution in [0.4, 0.5) is 20.6 Å². The zero-order valence-corrected chi connectivity index (χ0v) is 18.3. The Labute approximate surface area is 190 Å². The molecule has 2 fully saturated rings. The van der Waals surface area contributed by atoms with E-state index in [4.69, 9.17) is 14.9 Å². The molecule has 3 amide bonds. The lowest BCUT2D eigenvalue weighted by atomic mass is 10.2. The third-order valence-corrected chi connectivity index (χ3v) is 5.69. The van der Waals surface area contributed by atoms with Crippen molar-refractivity contribution in [1.29, 1.82) is 0 Å². The first-order valence-corrected chi connectivity index (χ1v) is 10.7. The largest absolute Gasteiger partial charge is 0.455 e. The summed E-state index contributed by atoms with van der Waals surface area (Å²) >= 11 is 0. The minimum absolute atomic E-state index is 0.133. The van der Waals surface area contributed by atoms with E-state index in [9.17, 15) is 18.8 Å². The lowest BCUT2D eigenvalue weighted by Gasteiger charge is -2.36. The van der Waals surface area contributed by atoms with E-state index in [-0.39, 0.29) is 24.8 Å². The Morgan fingerprint density at radius 3 is 2.58 bits per heavy atom. The molecule has 2 aliphatic heterocycles. The SMILES string of the molecule is CC(=O)NC[C@H]1CN(c2ccc(N3CCN(Cc4ccc(C(N)=O)o4)CC3)c(F)c2)C(=O)O1. The van der Waals surface area contributed by atoms with Gasteiger partial charge in [-0.1, -0.05) is 0 Å². The molecule has 4 rings (SSSR count). The number of primary amides is 1. The molecule has 176 valence electrons. The van der Waals surface area contributed by atoms with Crippen LogP contribution in [-0.4, -0.2) is 68.2 Å². The molecule has 0 unspecified atom stereocenters. The predicted octanol–water partition coefficient (Wildman–Crippen LogP) is 1.30. The number of carbonyl (C=O) groups excluding carboxylic acids is 3. The molecule has 2 aliphatic rings. The summed E-state index contributed by atoms with van der Waals surface area (Å²) in [6.07, 6.45) is -1.05. The van der Waals surface area contributed by atoms with Crippen LogP contribution < -0.4 is 20.9 Å². The summed E-state index contributed by atoms with van der Waals surface area (Å²) in [5.74, 6) is -0.442. The number of rotatable bonds is 7. The van der Waals surface area contributed by atoms with Gasteiger partial charge in [0.15, 0.2) is 5.76 Å². The van der Waals surface area contributed by atoms with Gasteiger partial charge in [0.25, 0.3) is 5.91 Å². The maximum atomic E-state index is 14.9. The Kier molecular flexibility index (Phi) is 6.50. The predicted molar refractivity (Wildman–Crippen MR) is 117 cm³/mol. The average Bonchev–Trinajstić information content (AvgIpc) is 3.39. The van der Waals surface area contributed by atoms with Gasteiger partial charge in [0.2, 0.25) is 5.91 Å². The van der Waals surface area contributed by atoms with Gasteiger partial charge in [-0.2, -0.15) is 0 Å². The molecule has 0 bridgehead atoms. The van der Waals surface area contributed by atoms with E-state index in [0.717, 1.165) is 0 Å². The zero-order chi connectivity index (χ0) is 23.5. The maximum absolute atomic E-state index is 14.9. The monoisotopic (exact) mass is 459 g/mol. The smallest absolute Gasteiger partial charge is 0.414 e. The Morgan fingerprint density at radius 2 is 1.94 bits per heavy atom. The van der Waals surface area contributed by atoms with Crippen LogP contribution in [0.25, 0.3) is 0 Å². The number of nitrogens with one attached hydrogen (secondary N) is 1. The molecule has 1 atom stereocenters. The number of carbonyl (C=O) groups is 3. The first-order valence-electron chi connectivity index (χ1n) is 10.7. The summed E-state index contributed by atoms with van der Waals surface area (Å²) in [6, 6.07) is 7.98. The number of hydrogen-bond donors (Lipinski definition) is 2. The number of nitrogens with zero attached hydrogens (tertiary/aromatic N) is 3. The first kappa shape index (κ1) is 22.6. The fourth-order valence-electron chi connectivity index (χ4n) is 3.98. The lowest BCUT2D eigenvalue weighted by molar-refractivity contribution is -0.119. The molecule has 0 aliphatic carbocycles. The molecule has 1 aromatic heterocycles. The highest BCUT2D eigenvalue weighted by Crippen LogP contribution is 2.28. The van der Waals surface area contributed by atoms with E-state index in [1.54, 1.807) is 24.3 Å². The molecule has 3 N–H and O–H groups in total. The molecule has 11 heteroatoms. The van der Waals surface area contributed by atoms with Crippen molar-refractivity contribution >= 4 is 29.3 Å². The molecule has 0 spiro atoms. The van der Waals surface area contributed by atoms with Crippen LogP contribution in [0, 0.1) is 5.82 Å². The summed E-state index contributed by atoms with van der Waals surface area (Å²) in [7, 11) is 0. The van der Waals surface area contributed by atoms with Gasteiger partial charge in [-0.3, -0.25) is 19.4 Å². The van der Waals surface area contributed by atoms with E-state index in [2.05, 4.69) is 10.2 Å². The van der Waals surface area contributed by atoms with Crippen molar-refractivity contribution in [1.82, 2.24) is 10.2 Å². The fraction of sp³-hybridized carbons (Fsp3) is 0.409. The van der Waals surface area contributed by atoms with Crippen LogP contribution in [0.2, 0.25) is 0 Å². The summed E-state index contributed by atoms with van der Waals surface area (Å²) in [5.41, 5.74) is 6.09. The van der Waals surface area contributed by atoms with E-state index in [1.807, 2.05) is 4.90 Å². The van der Waals surface area contributed by atoms with Gasteiger partial charge in [0.05, 0.1) is 31.0 Å². The van der Waals surface area contributed by atoms with E-state index in [1.165, 1.54) is 17.9 Å². The fourth-order valence-corrected chi connectivity index (χ4v) is 3.98. The molecule has 0 radical (unpaired) electrons. The van der Waals surface area contributed by atoms with Gasteiger partial charge in [0.1, 0.15) is 17.7 Å². The molecular weight excluding hydrogens is 433 g/mol. The highest BCUT2D eigenvalue weighted by molar-refractivity contribution is 5.90. The highest BCUT2D eigenvalue weighted by Gasteiger charge is 2.33. The van der Waals surface area contributed by atoms with Crippen molar-refractivity contribution in [2.45, 2.75) is 19.6 Å². The topological polar surface area (TPSA) is 121 Å². The van der Waals surface area contributed by atoms with Crippen LogP contribution >= 0.6 is 0 Å². The standard InChI is InChI=1S/C22H26FN5O5/c1-14(29)25-11-17-13-28(22(31)33-17)15-2-4-19(18(23)10-15)27-8-6-26(7-9-27)12-16-3-5-20(32-16)21(24)30/h2-5,10,17H,6-9,11-13H2,1H3,(H2,24,30)(H,25,29)/t17-/m0/s1. The second-order valence-corrected chi connectivity index (χ2v) is 8.08. The van der Waals surface area contributed by atoms with Crippen LogP contribution in [-0.2, 0) is 16.1 Å². The minimum atomic E-state index is -0.601. The van der Waals surface area contributed by atoms with Crippen LogP contribution in [0.3, 0.4) is 0 Å². The third kappa shape index (κ3) is 5.25. The number of furan rings is 1. The number of piperazine rings is 1. The first-order chi connectivity index (χ1) is 15.8. The van der Waals surface area contributed by atoms with E-state index >= 15 is 0 Å². The van der Waals surface area contributed by atoms with Gasteiger partial charge in [-0.25, -0.2) is 9.18 Å². The van der Waals surface area contributed by atoms with Crippen LogP contribution in [0.15, 0.2) is 34.7 Å². The number of hydrogen-bond acceptors (Lipinski definition) is 7. The summed E-state index contributed by atoms with van der Waals surface area (Å²) in [5, 5.41) is 2.61. The number of anilines is 2. The van der Waals surface area contributed by atoms with E-state index < -0.39 is 23.9 Å². The summed E-state index contributed by atoms with van der Waals surface area (Å²) in [6.45, 7) is 4.99. The molecule has 2 saturated heterocycles. The second kappa shape index (κ2) is 9.49. The van der Waals surface area contributed by atoms with Crippen molar-refractivity contribution in [3.05, 3.63) is 47.7 Å². The number of ether oxygens (including phenoxy) is 1. The molecule has 1 aromatic carbocycles. The Balaban J connectivity index is 1.33. The van der Waals surface area contributed by atoms with Gasteiger partial charge in [-0.15, -0.1) is 0 Å². The number of amides is 3. The summed E-state index contributed by atoms with van der Waals surface area (Å²) in [4.78, 5) is 39.9. The maximum Gasteiger partial charge on any atom is 0.414 e. The normalized spacial score (nSPS) is 19.0. The van der Waals surface area contributed by atoms with Crippen molar-refractivity contribution in [2.75, 3.05) is 49.1 Å². The highest BCUT2D eigenvalue weighted by atomic mass is 19.1. The van der Waals surface area contributed by atoms with Gasteiger partial charge in [-0.05, 0) is 30.3 Å². The second-order valence-electron chi connectivity index (χ2n) is 8.08. The van der Waals surface area contributed by atoms with Gasteiger partial charge < -0.3 is 25.1 Å². The molecule has 2 aromatic rings. The molecule has 3 heterocycles. The Hall–Kier alpha value is -3.60. The Morgan fingerprint density at radius 1 is 1.18 bits per heavy atom. The van der Waals surface area contributed by atoms with Gasteiger partial charge in [0, 0.05) is 33.1 Å². The number of nitrogens with two attached hydrogens (primary N) is 1. The molecule has 10 nitrogen and oxygen atoms in total. The van der Waals surface area contributed by atoms with Crippen LogP contribution in [0.5, 0.6) is 0 Å².